The molecule has 11 heteroatoms. The van der Waals surface area contributed by atoms with Crippen LogP contribution in [0.15, 0.2) is 54.7 Å². The minimum Gasteiger partial charge on any atom is -0.476 e. The highest BCUT2D eigenvalue weighted by molar-refractivity contribution is 6.30. The molecule has 4 heterocycles. The molecule has 9 nitrogen and oxygen atoms in total. The van der Waals surface area contributed by atoms with Gasteiger partial charge >= 0.3 is 0 Å². The Morgan fingerprint density at radius 1 is 1.19 bits per heavy atom. The van der Waals surface area contributed by atoms with E-state index >= 15 is 0 Å². The maximum absolute atomic E-state index is 13.8. The molecule has 3 aromatic heterocycles. The van der Waals surface area contributed by atoms with Crippen LogP contribution in [0.25, 0.3) is 27.8 Å². The maximum atomic E-state index is 13.8. The van der Waals surface area contributed by atoms with Crippen LogP contribution < -0.4 is 10.1 Å². The average Bonchev–Trinajstić information content (AvgIpc) is 3.43. The van der Waals surface area contributed by atoms with Gasteiger partial charge < -0.3 is 14.5 Å². The number of hydrogen-bond acceptors (Lipinski definition) is 6. The van der Waals surface area contributed by atoms with Crippen LogP contribution >= 0.6 is 11.6 Å². The number of nitrogens with zero attached hydrogens (tertiary/aromatic N) is 4. The number of nitrogens with one attached hydrogen (secondary N) is 2. The topological polar surface area (TPSA) is 106 Å². The number of carbonyl (C=O) groups is 1. The van der Waals surface area contributed by atoms with Crippen LogP contribution in [0.4, 0.5) is 10.3 Å². The lowest BCUT2D eigenvalue weighted by Gasteiger charge is -2.37. The van der Waals surface area contributed by atoms with E-state index in [4.69, 9.17) is 21.1 Å². The normalized spacial score (nSPS) is 14.6. The Bertz CT molecular complexity index is 1610. The van der Waals surface area contributed by atoms with Gasteiger partial charge in [0.2, 0.25) is 11.8 Å². The van der Waals surface area contributed by atoms with Crippen LogP contribution in [0.2, 0.25) is 5.02 Å². The number of amides is 1. The van der Waals surface area contributed by atoms with Crippen molar-refractivity contribution in [3.05, 3.63) is 71.3 Å². The predicted octanol–water partition coefficient (Wildman–Crippen LogP) is 4.73. The lowest BCUT2D eigenvalue weighted by molar-refractivity contribution is -0.120. The van der Waals surface area contributed by atoms with E-state index in [0.29, 0.717) is 53.0 Å². The van der Waals surface area contributed by atoms with Crippen molar-refractivity contribution in [2.45, 2.75) is 6.92 Å². The van der Waals surface area contributed by atoms with E-state index in [9.17, 15) is 9.18 Å². The highest BCUT2D eigenvalue weighted by Crippen LogP contribution is 2.28. The lowest BCUT2D eigenvalue weighted by Crippen LogP contribution is -2.44. The van der Waals surface area contributed by atoms with E-state index in [2.05, 4.69) is 32.3 Å². The molecule has 0 atom stereocenters. The van der Waals surface area contributed by atoms with E-state index in [1.54, 1.807) is 24.3 Å². The molecule has 182 valence electrons. The summed E-state index contributed by atoms with van der Waals surface area (Å²) in [6.45, 7) is 3.90. The average molecular weight is 507 g/mol. The van der Waals surface area contributed by atoms with Crippen LogP contribution in [0.5, 0.6) is 5.88 Å². The smallest absolute Gasteiger partial charge is 0.278 e. The van der Waals surface area contributed by atoms with Gasteiger partial charge in [-0.1, -0.05) is 24.6 Å². The van der Waals surface area contributed by atoms with Crippen molar-refractivity contribution in [1.82, 2.24) is 24.6 Å². The SMILES string of the molecule is CC1(COc2ccc3nc(C(=O)Nc4nc5ccc(-c6cc(F)cc(Cl)c6)cc5[nH]4)cn3n2)COC1. The quantitative estimate of drug-likeness (QED) is 0.345. The Balaban J connectivity index is 1.19. The molecule has 2 aromatic carbocycles. The van der Waals surface area contributed by atoms with E-state index < -0.39 is 11.7 Å². The first-order valence-electron chi connectivity index (χ1n) is 11.2. The number of benzene rings is 2. The van der Waals surface area contributed by atoms with Gasteiger partial charge in [-0.25, -0.2) is 18.9 Å². The standard InChI is InChI=1S/C25H20ClFN6O3/c1-25(11-35-12-25)13-36-22-5-4-21-28-20(10-33(21)32-22)23(34)31-24-29-18-3-2-14(8-19(18)30-24)15-6-16(26)9-17(27)7-15/h2-10H,11-13H2,1H3,(H2,29,30,31,34). The first-order chi connectivity index (χ1) is 17.3. The molecule has 1 aliphatic heterocycles. The number of anilines is 1. The summed E-state index contributed by atoms with van der Waals surface area (Å²) in [6, 6.07) is 13.2. The number of aromatic amines is 1. The fourth-order valence-corrected chi connectivity index (χ4v) is 4.20. The first-order valence-corrected chi connectivity index (χ1v) is 11.6. The van der Waals surface area contributed by atoms with Crippen molar-refractivity contribution < 1.29 is 18.7 Å². The van der Waals surface area contributed by atoms with Gasteiger partial charge in [-0.15, -0.1) is 5.10 Å². The second-order valence-corrected chi connectivity index (χ2v) is 9.56. The molecular formula is C25H20ClFN6O3. The van der Waals surface area contributed by atoms with Crippen LogP contribution in [0.3, 0.4) is 0 Å². The van der Waals surface area contributed by atoms with Gasteiger partial charge in [0.15, 0.2) is 5.65 Å². The summed E-state index contributed by atoms with van der Waals surface area (Å²) in [5.41, 5.74) is 3.39. The zero-order valence-corrected chi connectivity index (χ0v) is 19.8. The highest BCUT2D eigenvalue weighted by atomic mass is 35.5. The van der Waals surface area contributed by atoms with Gasteiger partial charge in [0, 0.05) is 16.5 Å². The maximum Gasteiger partial charge on any atom is 0.278 e. The van der Waals surface area contributed by atoms with E-state index in [0.717, 1.165) is 5.56 Å². The number of imidazole rings is 2. The monoisotopic (exact) mass is 506 g/mol. The molecule has 0 aliphatic carbocycles. The summed E-state index contributed by atoms with van der Waals surface area (Å²) in [4.78, 5) is 24.6. The zero-order valence-electron chi connectivity index (χ0n) is 19.1. The van der Waals surface area contributed by atoms with Gasteiger partial charge in [0.25, 0.3) is 5.91 Å². The third-order valence-corrected chi connectivity index (χ3v) is 6.13. The van der Waals surface area contributed by atoms with Crippen molar-refractivity contribution in [1.29, 1.82) is 0 Å². The van der Waals surface area contributed by atoms with Crippen LogP contribution in [0.1, 0.15) is 17.4 Å². The Kier molecular flexibility index (Phi) is 5.35. The number of rotatable bonds is 6. The van der Waals surface area contributed by atoms with Gasteiger partial charge in [-0.2, -0.15) is 0 Å². The molecule has 0 saturated carbocycles. The van der Waals surface area contributed by atoms with Crippen molar-refractivity contribution in [3.63, 3.8) is 0 Å². The second kappa shape index (κ2) is 8.58. The van der Waals surface area contributed by atoms with Gasteiger partial charge in [0.1, 0.15) is 11.5 Å². The Morgan fingerprint density at radius 3 is 2.83 bits per heavy atom. The van der Waals surface area contributed by atoms with Crippen molar-refractivity contribution >= 4 is 40.1 Å². The molecular weight excluding hydrogens is 487 g/mol. The fraction of sp³-hybridized carbons (Fsp3) is 0.200. The summed E-state index contributed by atoms with van der Waals surface area (Å²) in [7, 11) is 0. The second-order valence-electron chi connectivity index (χ2n) is 9.12. The number of ether oxygens (including phenoxy) is 2. The summed E-state index contributed by atoms with van der Waals surface area (Å²) in [5, 5.41) is 7.42. The molecule has 0 spiro atoms. The molecule has 1 fully saturated rings. The zero-order chi connectivity index (χ0) is 24.9. The predicted molar refractivity (Wildman–Crippen MR) is 132 cm³/mol. The molecule has 0 radical (unpaired) electrons. The van der Waals surface area contributed by atoms with Gasteiger partial charge in [0.05, 0.1) is 37.1 Å². The number of hydrogen-bond donors (Lipinski definition) is 2. The molecule has 1 amide bonds. The first kappa shape index (κ1) is 22.4. The third kappa shape index (κ3) is 4.36. The van der Waals surface area contributed by atoms with E-state index in [1.807, 2.05) is 12.1 Å². The Morgan fingerprint density at radius 2 is 2.06 bits per heavy atom. The summed E-state index contributed by atoms with van der Waals surface area (Å²) >= 11 is 5.99. The third-order valence-electron chi connectivity index (χ3n) is 5.91. The van der Waals surface area contributed by atoms with Gasteiger partial charge in [-0.05, 0) is 47.5 Å². The van der Waals surface area contributed by atoms with Crippen molar-refractivity contribution in [2.24, 2.45) is 5.41 Å². The molecule has 1 aliphatic rings. The number of carbonyl (C=O) groups excluding carboxylic acids is 1. The number of H-pyrrole nitrogens is 1. The molecule has 2 N–H and O–H groups in total. The molecule has 0 unspecified atom stereocenters. The van der Waals surface area contributed by atoms with Crippen LogP contribution in [0, 0.1) is 11.2 Å². The lowest BCUT2D eigenvalue weighted by atomic mass is 9.90. The molecule has 5 aromatic rings. The van der Waals surface area contributed by atoms with Crippen molar-refractivity contribution in [2.75, 3.05) is 25.1 Å². The number of halogens is 2. The minimum atomic E-state index is -0.446. The highest BCUT2D eigenvalue weighted by Gasteiger charge is 2.34. The fourth-order valence-electron chi connectivity index (χ4n) is 3.97. The van der Waals surface area contributed by atoms with E-state index in [-0.39, 0.29) is 17.1 Å². The minimum absolute atomic E-state index is 0.00565. The van der Waals surface area contributed by atoms with Gasteiger partial charge in [-0.3, -0.25) is 10.1 Å². The van der Waals surface area contributed by atoms with Crippen LogP contribution in [-0.4, -0.2) is 50.3 Å². The largest absolute Gasteiger partial charge is 0.476 e. The molecule has 1 saturated heterocycles. The molecule has 36 heavy (non-hydrogen) atoms. The van der Waals surface area contributed by atoms with Crippen LogP contribution in [-0.2, 0) is 4.74 Å². The summed E-state index contributed by atoms with van der Waals surface area (Å²) in [6.07, 6.45) is 1.53. The molecule has 0 bridgehead atoms. The summed E-state index contributed by atoms with van der Waals surface area (Å²) in [5.74, 6) is -0.168. The Hall–Kier alpha value is -4.02. The van der Waals surface area contributed by atoms with E-state index in [1.165, 1.54) is 22.8 Å². The number of aromatic nitrogens is 5. The molecule has 6 rings (SSSR count). The summed E-state index contributed by atoms with van der Waals surface area (Å²) < 4.78 is 26.3. The van der Waals surface area contributed by atoms with Crippen molar-refractivity contribution in [3.8, 4) is 17.0 Å². The number of fused-ring (bicyclic) bond motifs is 2. The Labute approximate surface area is 209 Å².